The molecule has 0 spiro atoms. The van der Waals surface area contributed by atoms with Crippen molar-refractivity contribution < 1.29 is 13.2 Å². The van der Waals surface area contributed by atoms with Crippen LogP contribution in [0.15, 0.2) is 71.8 Å². The fourth-order valence-corrected chi connectivity index (χ4v) is 5.12. The number of hydrogen-bond donors (Lipinski definition) is 1. The Morgan fingerprint density at radius 3 is 2.39 bits per heavy atom. The lowest BCUT2D eigenvalue weighted by atomic mass is 10.1. The van der Waals surface area contributed by atoms with E-state index in [1.807, 2.05) is 38.2 Å². The molecule has 0 aliphatic heterocycles. The van der Waals surface area contributed by atoms with Crippen molar-refractivity contribution in [1.29, 1.82) is 0 Å². The summed E-state index contributed by atoms with van der Waals surface area (Å²) in [7, 11) is -3.71. The van der Waals surface area contributed by atoms with Gasteiger partial charge in [0.25, 0.3) is 0 Å². The van der Waals surface area contributed by atoms with Gasteiger partial charge >= 0.3 is 0 Å². The first kappa shape index (κ1) is 22.8. The number of nitrogens with one attached hydrogen (secondary N) is 1. The predicted molar refractivity (Wildman–Crippen MR) is 123 cm³/mol. The molecule has 0 bridgehead atoms. The maximum absolute atomic E-state index is 13.4. The summed E-state index contributed by atoms with van der Waals surface area (Å²) in [5, 5.41) is 2.66. The molecule has 1 amide bonds. The van der Waals surface area contributed by atoms with Crippen molar-refractivity contribution >= 4 is 21.6 Å². The van der Waals surface area contributed by atoms with Gasteiger partial charge in [0.15, 0.2) is 0 Å². The van der Waals surface area contributed by atoms with Crippen molar-refractivity contribution in [1.82, 2.24) is 8.87 Å². The summed E-state index contributed by atoms with van der Waals surface area (Å²) < 4.78 is 30.3. The van der Waals surface area contributed by atoms with Crippen LogP contribution in [0.5, 0.6) is 0 Å². The molecule has 3 rings (SSSR count). The van der Waals surface area contributed by atoms with Crippen LogP contribution in [0.2, 0.25) is 0 Å². The fraction of sp³-hybridized carbons (Fsp3) is 0.292. The van der Waals surface area contributed by atoms with Crippen molar-refractivity contribution in [3.63, 3.8) is 0 Å². The van der Waals surface area contributed by atoms with Crippen LogP contribution >= 0.6 is 0 Å². The first-order chi connectivity index (χ1) is 14.7. The van der Waals surface area contributed by atoms with Crippen LogP contribution < -0.4 is 5.32 Å². The summed E-state index contributed by atoms with van der Waals surface area (Å²) in [6, 6.07) is 18.3. The maximum atomic E-state index is 13.4. The second kappa shape index (κ2) is 9.49. The summed E-state index contributed by atoms with van der Waals surface area (Å²) in [6.45, 7) is 8.17. The van der Waals surface area contributed by atoms with Crippen LogP contribution in [0, 0.1) is 6.92 Å². The smallest absolute Gasteiger partial charge is 0.243 e. The Kier molecular flexibility index (Phi) is 6.97. The third-order valence-corrected chi connectivity index (χ3v) is 7.07. The highest BCUT2D eigenvalue weighted by Crippen LogP contribution is 2.23. The summed E-state index contributed by atoms with van der Waals surface area (Å²) in [5.74, 6) is -0.200. The van der Waals surface area contributed by atoms with Crippen molar-refractivity contribution in [2.45, 2.75) is 51.7 Å². The minimum atomic E-state index is -3.71. The van der Waals surface area contributed by atoms with E-state index < -0.39 is 10.0 Å². The maximum Gasteiger partial charge on any atom is 0.243 e. The third kappa shape index (κ3) is 5.62. The molecule has 0 radical (unpaired) electrons. The molecule has 7 heteroatoms. The molecule has 31 heavy (non-hydrogen) atoms. The molecule has 0 aliphatic carbocycles. The van der Waals surface area contributed by atoms with E-state index in [1.54, 1.807) is 12.1 Å². The largest absolute Gasteiger partial charge is 0.346 e. The van der Waals surface area contributed by atoms with E-state index in [-0.39, 0.29) is 23.4 Å². The molecule has 164 valence electrons. The number of aryl methyl sites for hydroxylation is 1. The molecule has 0 fully saturated rings. The predicted octanol–water partition coefficient (Wildman–Crippen LogP) is 4.40. The van der Waals surface area contributed by atoms with E-state index in [4.69, 9.17) is 0 Å². The summed E-state index contributed by atoms with van der Waals surface area (Å²) in [5.41, 5.74) is 3.86. The van der Waals surface area contributed by atoms with Crippen LogP contribution in [-0.4, -0.2) is 29.2 Å². The van der Waals surface area contributed by atoms with Crippen molar-refractivity contribution in [3.8, 4) is 0 Å². The molecule has 1 aromatic heterocycles. The lowest BCUT2D eigenvalue weighted by Gasteiger charge is -2.26. The molecule has 6 nitrogen and oxygen atoms in total. The molecular weight excluding hydrogens is 410 g/mol. The van der Waals surface area contributed by atoms with Gasteiger partial charge in [0.05, 0.1) is 11.4 Å². The lowest BCUT2D eigenvalue weighted by Crippen LogP contribution is -2.37. The van der Waals surface area contributed by atoms with Gasteiger partial charge in [0.2, 0.25) is 15.9 Å². The van der Waals surface area contributed by atoms with Gasteiger partial charge < -0.3 is 9.88 Å². The van der Waals surface area contributed by atoms with Gasteiger partial charge in [-0.05, 0) is 62.7 Å². The van der Waals surface area contributed by atoms with Crippen molar-refractivity contribution in [2.24, 2.45) is 0 Å². The highest BCUT2D eigenvalue weighted by atomic mass is 32.2. The first-order valence-electron chi connectivity index (χ1n) is 10.3. The monoisotopic (exact) mass is 439 g/mol. The second-order valence-electron chi connectivity index (χ2n) is 7.97. The molecule has 0 saturated heterocycles. The lowest BCUT2D eigenvalue weighted by molar-refractivity contribution is -0.114. The van der Waals surface area contributed by atoms with E-state index >= 15 is 0 Å². The minimum Gasteiger partial charge on any atom is -0.346 e. The zero-order chi connectivity index (χ0) is 22.6. The normalized spacial score (nSPS) is 11.8. The van der Waals surface area contributed by atoms with Crippen LogP contribution in [0.3, 0.4) is 0 Å². The van der Waals surface area contributed by atoms with Crippen molar-refractivity contribution in [2.75, 3.05) is 5.32 Å². The number of carbonyl (C=O) groups is 1. The van der Waals surface area contributed by atoms with Crippen LogP contribution in [0.1, 0.15) is 37.6 Å². The highest BCUT2D eigenvalue weighted by molar-refractivity contribution is 7.89. The zero-order valence-electron chi connectivity index (χ0n) is 18.4. The van der Waals surface area contributed by atoms with E-state index in [2.05, 4.69) is 35.0 Å². The summed E-state index contributed by atoms with van der Waals surface area (Å²) in [4.78, 5) is 11.4. The summed E-state index contributed by atoms with van der Waals surface area (Å²) in [6.07, 6.45) is 1.98. The number of aromatic nitrogens is 1. The fourth-order valence-electron chi connectivity index (χ4n) is 3.51. The standard InChI is InChI=1S/C24H29N3O3S/c1-18(2)27(31(29,30)24-12-10-22(11-13-24)25-20(4)28)17-23-9-6-14-26(23)16-21-8-5-7-19(3)15-21/h5-15,18H,16-17H2,1-4H3,(H,25,28). The van der Waals surface area contributed by atoms with E-state index in [0.29, 0.717) is 12.2 Å². The van der Waals surface area contributed by atoms with Crippen LogP contribution in [0.4, 0.5) is 5.69 Å². The Hall–Kier alpha value is -2.90. The molecule has 1 N–H and O–H groups in total. The molecule has 0 atom stereocenters. The quantitative estimate of drug-likeness (QED) is 0.565. The molecule has 0 saturated carbocycles. The van der Waals surface area contributed by atoms with Gasteiger partial charge in [-0.15, -0.1) is 0 Å². The van der Waals surface area contributed by atoms with E-state index in [1.165, 1.54) is 34.5 Å². The molecule has 1 heterocycles. The first-order valence-corrected chi connectivity index (χ1v) is 11.7. The van der Waals surface area contributed by atoms with Gasteiger partial charge in [-0.2, -0.15) is 4.31 Å². The summed E-state index contributed by atoms with van der Waals surface area (Å²) >= 11 is 0. The van der Waals surface area contributed by atoms with E-state index in [0.717, 1.165) is 5.69 Å². The Bertz CT molecular complexity index is 1150. The Morgan fingerprint density at radius 2 is 1.77 bits per heavy atom. The van der Waals surface area contributed by atoms with Gasteiger partial charge in [0.1, 0.15) is 0 Å². The number of anilines is 1. The molecular formula is C24H29N3O3S. The molecule has 0 aliphatic rings. The number of rotatable bonds is 8. The van der Waals surface area contributed by atoms with Gasteiger partial charge in [-0.1, -0.05) is 29.8 Å². The van der Waals surface area contributed by atoms with Crippen LogP contribution in [-0.2, 0) is 27.9 Å². The minimum absolute atomic E-state index is 0.200. The van der Waals surface area contributed by atoms with Crippen LogP contribution in [0.25, 0.3) is 0 Å². The second-order valence-corrected chi connectivity index (χ2v) is 9.86. The number of hydrogen-bond acceptors (Lipinski definition) is 3. The number of carbonyl (C=O) groups excluding carboxylic acids is 1. The van der Waals surface area contributed by atoms with Crippen molar-refractivity contribution in [3.05, 3.63) is 83.7 Å². The zero-order valence-corrected chi connectivity index (χ0v) is 19.2. The number of nitrogens with zero attached hydrogens (tertiary/aromatic N) is 2. The number of amides is 1. The molecule has 2 aromatic carbocycles. The van der Waals surface area contributed by atoms with Gasteiger partial charge in [0, 0.05) is 37.1 Å². The SMILES string of the molecule is CC(=O)Nc1ccc(S(=O)(=O)N(Cc2cccn2Cc2cccc(C)c2)C(C)C)cc1. The number of sulfonamides is 1. The highest BCUT2D eigenvalue weighted by Gasteiger charge is 2.28. The Balaban J connectivity index is 1.85. The molecule has 3 aromatic rings. The molecule has 0 unspecified atom stereocenters. The number of benzene rings is 2. The van der Waals surface area contributed by atoms with Gasteiger partial charge in [-0.3, -0.25) is 4.79 Å². The third-order valence-electron chi connectivity index (χ3n) is 5.03. The topological polar surface area (TPSA) is 71.4 Å². The Labute approximate surface area is 184 Å². The average Bonchev–Trinajstić information content (AvgIpc) is 3.12. The Morgan fingerprint density at radius 1 is 1.06 bits per heavy atom. The van der Waals surface area contributed by atoms with E-state index in [9.17, 15) is 13.2 Å². The average molecular weight is 440 g/mol. The van der Waals surface area contributed by atoms with Gasteiger partial charge in [-0.25, -0.2) is 8.42 Å².